The van der Waals surface area contributed by atoms with E-state index in [1.54, 1.807) is 6.07 Å². The highest BCUT2D eigenvalue weighted by atomic mass is 79.9. The molecule has 1 aromatic rings. The summed E-state index contributed by atoms with van der Waals surface area (Å²) in [4.78, 5) is 0. The fourth-order valence-corrected chi connectivity index (χ4v) is 1.09. The van der Waals surface area contributed by atoms with Crippen molar-refractivity contribution in [3.05, 3.63) is 28.0 Å². The van der Waals surface area contributed by atoms with E-state index in [4.69, 9.17) is 11.0 Å². The minimum Gasteiger partial charge on any atom is -0.398 e. The predicted octanol–water partition coefficient (Wildman–Crippen LogP) is 2.24. The number of rotatable bonds is 1. The lowest BCUT2D eigenvalue weighted by Gasteiger charge is -2.01. The molecule has 0 bridgehead atoms. The van der Waals surface area contributed by atoms with Crippen molar-refractivity contribution < 1.29 is 4.39 Å². The van der Waals surface area contributed by atoms with Gasteiger partial charge in [-0.25, -0.2) is 4.39 Å². The molecule has 0 spiro atoms. The second-order valence-electron chi connectivity index (χ2n) is 2.32. The molecule has 0 unspecified atom stereocenters. The van der Waals surface area contributed by atoms with Crippen molar-refractivity contribution in [2.45, 2.75) is 6.42 Å². The SMILES string of the molecule is N#CCc1cc(N)c(Br)c(F)c1. The van der Waals surface area contributed by atoms with Crippen molar-refractivity contribution in [1.29, 1.82) is 5.26 Å². The van der Waals surface area contributed by atoms with Crippen LogP contribution >= 0.6 is 15.9 Å². The number of hydrogen-bond donors (Lipinski definition) is 1. The van der Waals surface area contributed by atoms with Gasteiger partial charge in [-0.05, 0) is 33.6 Å². The van der Waals surface area contributed by atoms with E-state index in [9.17, 15) is 4.39 Å². The molecule has 2 N–H and O–H groups in total. The summed E-state index contributed by atoms with van der Waals surface area (Å²) < 4.78 is 13.2. The van der Waals surface area contributed by atoms with E-state index in [2.05, 4.69) is 15.9 Å². The number of anilines is 1. The quantitative estimate of drug-likeness (QED) is 0.750. The summed E-state index contributed by atoms with van der Waals surface area (Å²) in [6.07, 6.45) is 0.175. The molecule has 0 aromatic heterocycles. The fourth-order valence-electron chi connectivity index (χ4n) is 0.862. The van der Waals surface area contributed by atoms with Crippen LogP contribution in [0.4, 0.5) is 10.1 Å². The van der Waals surface area contributed by atoms with Gasteiger partial charge in [-0.15, -0.1) is 0 Å². The van der Waals surface area contributed by atoms with Gasteiger partial charge in [0.05, 0.1) is 17.0 Å². The third-order valence-corrected chi connectivity index (χ3v) is 2.24. The maximum Gasteiger partial charge on any atom is 0.139 e. The summed E-state index contributed by atoms with van der Waals surface area (Å²) in [6.45, 7) is 0. The first kappa shape index (κ1) is 9.01. The number of benzene rings is 1. The lowest BCUT2D eigenvalue weighted by molar-refractivity contribution is 0.620. The van der Waals surface area contributed by atoms with Crippen LogP contribution in [0.2, 0.25) is 0 Å². The van der Waals surface area contributed by atoms with Gasteiger partial charge >= 0.3 is 0 Å². The molecule has 0 radical (unpaired) electrons. The third kappa shape index (κ3) is 1.74. The van der Waals surface area contributed by atoms with Crippen molar-refractivity contribution in [3.63, 3.8) is 0 Å². The van der Waals surface area contributed by atoms with E-state index < -0.39 is 5.82 Å². The van der Waals surface area contributed by atoms with Crippen LogP contribution < -0.4 is 5.73 Å². The van der Waals surface area contributed by atoms with Gasteiger partial charge in [0, 0.05) is 5.69 Å². The van der Waals surface area contributed by atoms with E-state index in [-0.39, 0.29) is 10.9 Å². The number of hydrogen-bond acceptors (Lipinski definition) is 2. The Kier molecular flexibility index (Phi) is 2.66. The maximum absolute atomic E-state index is 12.9. The standard InChI is InChI=1S/C8H6BrFN2/c9-8-6(10)3-5(1-2-11)4-7(8)12/h3-4H,1,12H2. The number of nitrogens with zero attached hydrogens (tertiary/aromatic N) is 1. The van der Waals surface area contributed by atoms with E-state index in [1.165, 1.54) is 6.07 Å². The molecule has 0 saturated carbocycles. The van der Waals surface area contributed by atoms with E-state index in [0.29, 0.717) is 11.3 Å². The average molecular weight is 229 g/mol. The highest BCUT2D eigenvalue weighted by molar-refractivity contribution is 9.10. The van der Waals surface area contributed by atoms with Crippen LogP contribution in [0.25, 0.3) is 0 Å². The minimum atomic E-state index is -0.430. The lowest BCUT2D eigenvalue weighted by atomic mass is 10.1. The Morgan fingerprint density at radius 2 is 2.25 bits per heavy atom. The Morgan fingerprint density at radius 1 is 1.58 bits per heavy atom. The molecule has 0 saturated heterocycles. The zero-order chi connectivity index (χ0) is 9.14. The smallest absolute Gasteiger partial charge is 0.139 e. The zero-order valence-corrected chi connectivity index (χ0v) is 7.73. The molecule has 1 aromatic carbocycles. The molecule has 12 heavy (non-hydrogen) atoms. The second kappa shape index (κ2) is 3.55. The number of nitriles is 1. The van der Waals surface area contributed by atoms with Gasteiger partial charge in [0.25, 0.3) is 0 Å². The van der Waals surface area contributed by atoms with Crippen LogP contribution in [-0.2, 0) is 6.42 Å². The number of nitrogen functional groups attached to an aromatic ring is 1. The predicted molar refractivity (Wildman–Crippen MR) is 47.8 cm³/mol. The summed E-state index contributed by atoms with van der Waals surface area (Å²) >= 11 is 2.98. The Labute approximate surface area is 77.9 Å². The zero-order valence-electron chi connectivity index (χ0n) is 6.14. The summed E-state index contributed by atoms with van der Waals surface area (Å²) in [5.41, 5.74) is 6.37. The molecule has 62 valence electrons. The molecule has 0 aliphatic heterocycles. The van der Waals surface area contributed by atoms with Gasteiger partial charge in [-0.1, -0.05) is 0 Å². The average Bonchev–Trinajstić information content (AvgIpc) is 2.01. The second-order valence-corrected chi connectivity index (χ2v) is 3.11. The Hall–Kier alpha value is -1.08. The highest BCUT2D eigenvalue weighted by Crippen LogP contribution is 2.24. The van der Waals surface area contributed by atoms with Gasteiger partial charge in [0.1, 0.15) is 5.82 Å². The minimum absolute atomic E-state index is 0.175. The topological polar surface area (TPSA) is 49.8 Å². The Balaban J connectivity index is 3.14. The molecule has 0 aliphatic carbocycles. The molecule has 0 amide bonds. The molecule has 0 aliphatic rings. The summed E-state index contributed by atoms with van der Waals surface area (Å²) in [5.74, 6) is -0.430. The summed E-state index contributed by atoms with van der Waals surface area (Å²) in [5, 5.41) is 8.35. The first-order chi connectivity index (χ1) is 5.65. The van der Waals surface area contributed by atoms with Gasteiger partial charge in [0.2, 0.25) is 0 Å². The van der Waals surface area contributed by atoms with Crippen LogP contribution in [0, 0.1) is 17.1 Å². The Bertz CT molecular complexity index is 320. The number of halogens is 2. The van der Waals surface area contributed by atoms with E-state index in [1.807, 2.05) is 6.07 Å². The van der Waals surface area contributed by atoms with Gasteiger partial charge in [-0.3, -0.25) is 0 Å². The molecular weight excluding hydrogens is 223 g/mol. The highest BCUT2D eigenvalue weighted by Gasteiger charge is 2.04. The maximum atomic E-state index is 12.9. The molecule has 0 heterocycles. The van der Waals surface area contributed by atoms with Crippen molar-refractivity contribution >= 4 is 21.6 Å². The molecule has 1 rings (SSSR count). The normalized spacial score (nSPS) is 9.42. The van der Waals surface area contributed by atoms with Gasteiger partial charge in [-0.2, -0.15) is 5.26 Å². The molecule has 2 nitrogen and oxygen atoms in total. The van der Waals surface area contributed by atoms with Crippen LogP contribution in [0.15, 0.2) is 16.6 Å². The summed E-state index contributed by atoms with van der Waals surface area (Å²) in [6, 6.07) is 4.80. The molecule has 4 heteroatoms. The van der Waals surface area contributed by atoms with Crippen molar-refractivity contribution in [3.8, 4) is 6.07 Å². The van der Waals surface area contributed by atoms with Crippen LogP contribution in [0.5, 0.6) is 0 Å². The first-order valence-corrected chi connectivity index (χ1v) is 4.05. The Morgan fingerprint density at radius 3 is 2.75 bits per heavy atom. The van der Waals surface area contributed by atoms with Crippen LogP contribution in [0.1, 0.15) is 5.56 Å². The van der Waals surface area contributed by atoms with Crippen molar-refractivity contribution in [2.75, 3.05) is 5.73 Å². The monoisotopic (exact) mass is 228 g/mol. The fraction of sp³-hybridized carbons (Fsp3) is 0.125. The van der Waals surface area contributed by atoms with Crippen LogP contribution in [0.3, 0.4) is 0 Å². The molecule has 0 fully saturated rings. The first-order valence-electron chi connectivity index (χ1n) is 3.25. The lowest BCUT2D eigenvalue weighted by Crippen LogP contribution is -1.93. The van der Waals surface area contributed by atoms with E-state index >= 15 is 0 Å². The number of nitrogens with two attached hydrogens (primary N) is 1. The van der Waals surface area contributed by atoms with E-state index in [0.717, 1.165) is 0 Å². The van der Waals surface area contributed by atoms with Gasteiger partial charge in [0.15, 0.2) is 0 Å². The van der Waals surface area contributed by atoms with Gasteiger partial charge < -0.3 is 5.73 Å². The largest absolute Gasteiger partial charge is 0.398 e. The van der Waals surface area contributed by atoms with Crippen molar-refractivity contribution in [2.24, 2.45) is 0 Å². The molecule has 0 atom stereocenters. The third-order valence-electron chi connectivity index (χ3n) is 1.40. The van der Waals surface area contributed by atoms with Crippen molar-refractivity contribution in [1.82, 2.24) is 0 Å². The summed E-state index contributed by atoms with van der Waals surface area (Å²) in [7, 11) is 0. The van der Waals surface area contributed by atoms with Crippen LogP contribution in [-0.4, -0.2) is 0 Å². The molecular formula is C8H6BrFN2.